The fourth-order valence-electron chi connectivity index (χ4n) is 3.90. The molecule has 1 aromatic rings. The first-order valence-corrected chi connectivity index (χ1v) is 10.2. The summed E-state index contributed by atoms with van der Waals surface area (Å²) in [7, 11) is 0. The summed E-state index contributed by atoms with van der Waals surface area (Å²) < 4.78 is 0. The molecule has 0 N–H and O–H groups in total. The lowest BCUT2D eigenvalue weighted by Crippen LogP contribution is -2.15. The molecule has 23 heavy (non-hydrogen) atoms. The first kappa shape index (κ1) is 20.3. The van der Waals surface area contributed by atoms with Crippen LogP contribution in [0.1, 0.15) is 103 Å². The van der Waals surface area contributed by atoms with Gasteiger partial charge in [0.05, 0.1) is 0 Å². The van der Waals surface area contributed by atoms with Crippen molar-refractivity contribution in [2.75, 3.05) is 0 Å². The molecular formula is C23H40. The molecule has 0 bridgehead atoms. The van der Waals surface area contributed by atoms with E-state index in [1.165, 1.54) is 63.4 Å². The second-order valence-electron chi connectivity index (χ2n) is 7.63. The van der Waals surface area contributed by atoms with Gasteiger partial charge in [0.15, 0.2) is 0 Å². The van der Waals surface area contributed by atoms with Gasteiger partial charge in [0.25, 0.3) is 0 Å². The van der Waals surface area contributed by atoms with Gasteiger partial charge in [-0.3, -0.25) is 0 Å². The Hall–Kier alpha value is -0.780. The van der Waals surface area contributed by atoms with Crippen LogP contribution in [0.3, 0.4) is 0 Å². The molecule has 3 unspecified atom stereocenters. The number of benzene rings is 1. The molecule has 0 saturated heterocycles. The van der Waals surface area contributed by atoms with Gasteiger partial charge in [0, 0.05) is 0 Å². The minimum atomic E-state index is 0.755. The fourth-order valence-corrected chi connectivity index (χ4v) is 3.90. The van der Waals surface area contributed by atoms with Crippen molar-refractivity contribution >= 4 is 0 Å². The molecule has 0 heteroatoms. The molecule has 0 saturated carbocycles. The maximum Gasteiger partial charge on any atom is -0.0159 e. The third kappa shape index (κ3) is 7.55. The van der Waals surface area contributed by atoms with Crippen LogP contribution in [0.25, 0.3) is 0 Å². The summed E-state index contributed by atoms with van der Waals surface area (Å²) in [6, 6.07) is 9.33. The van der Waals surface area contributed by atoms with Crippen LogP contribution >= 0.6 is 0 Å². The van der Waals surface area contributed by atoms with Crippen LogP contribution in [0.15, 0.2) is 24.3 Å². The van der Waals surface area contributed by atoms with E-state index in [0.29, 0.717) is 0 Å². The Labute approximate surface area is 146 Å². The molecule has 132 valence electrons. The number of unbranched alkanes of at least 4 members (excludes halogenated alkanes) is 3. The predicted octanol–water partition coefficient (Wildman–Crippen LogP) is 7.90. The minimum Gasteiger partial charge on any atom is -0.0654 e. The molecule has 0 aliphatic rings. The molecule has 3 atom stereocenters. The van der Waals surface area contributed by atoms with E-state index in [9.17, 15) is 0 Å². The summed E-state index contributed by atoms with van der Waals surface area (Å²) >= 11 is 0. The molecule has 0 nitrogen and oxygen atoms in total. The van der Waals surface area contributed by atoms with Crippen molar-refractivity contribution in [2.45, 2.75) is 98.3 Å². The Balaban J connectivity index is 2.68. The standard InChI is InChI=1S/C23H40/c1-6-9-11-13-21(8-3)20(5)18-23(12-10-7-2)22-16-14-19(4)15-17-22/h14-17,20-21,23H,6-13,18H2,1-5H3. The summed E-state index contributed by atoms with van der Waals surface area (Å²) in [5.41, 5.74) is 2.95. The lowest BCUT2D eigenvalue weighted by Gasteiger charge is -2.28. The third-order valence-electron chi connectivity index (χ3n) is 5.62. The monoisotopic (exact) mass is 316 g/mol. The Morgan fingerprint density at radius 2 is 1.48 bits per heavy atom. The van der Waals surface area contributed by atoms with Crippen LogP contribution in [0.5, 0.6) is 0 Å². The van der Waals surface area contributed by atoms with Crippen LogP contribution in [0, 0.1) is 18.8 Å². The highest BCUT2D eigenvalue weighted by molar-refractivity contribution is 5.24. The average Bonchev–Trinajstić information content (AvgIpc) is 2.56. The molecule has 0 fully saturated rings. The topological polar surface area (TPSA) is 0 Å². The quantitative estimate of drug-likeness (QED) is 0.344. The van der Waals surface area contributed by atoms with Crippen molar-refractivity contribution in [3.05, 3.63) is 35.4 Å². The van der Waals surface area contributed by atoms with Crippen molar-refractivity contribution in [3.8, 4) is 0 Å². The fraction of sp³-hybridized carbons (Fsp3) is 0.739. The highest BCUT2D eigenvalue weighted by Gasteiger charge is 2.20. The summed E-state index contributed by atoms with van der Waals surface area (Å²) in [4.78, 5) is 0. The second-order valence-corrected chi connectivity index (χ2v) is 7.63. The Kier molecular flexibility index (Phi) is 10.3. The van der Waals surface area contributed by atoms with Crippen LogP contribution in [0.2, 0.25) is 0 Å². The third-order valence-corrected chi connectivity index (χ3v) is 5.62. The van der Waals surface area contributed by atoms with Gasteiger partial charge in [-0.25, -0.2) is 0 Å². The van der Waals surface area contributed by atoms with Gasteiger partial charge >= 0.3 is 0 Å². The van der Waals surface area contributed by atoms with Crippen molar-refractivity contribution < 1.29 is 0 Å². The van der Waals surface area contributed by atoms with Crippen LogP contribution < -0.4 is 0 Å². The minimum absolute atomic E-state index is 0.755. The molecule has 0 radical (unpaired) electrons. The number of hydrogen-bond acceptors (Lipinski definition) is 0. The van der Waals surface area contributed by atoms with Crippen LogP contribution in [0.4, 0.5) is 0 Å². The Morgan fingerprint density at radius 3 is 2.04 bits per heavy atom. The zero-order valence-electron chi connectivity index (χ0n) is 16.4. The molecule has 0 heterocycles. The van der Waals surface area contributed by atoms with E-state index in [1.807, 2.05) is 0 Å². The summed E-state index contributed by atoms with van der Waals surface area (Å²) in [6.45, 7) is 11.7. The Morgan fingerprint density at radius 1 is 0.826 bits per heavy atom. The van der Waals surface area contributed by atoms with E-state index in [0.717, 1.165) is 17.8 Å². The van der Waals surface area contributed by atoms with Gasteiger partial charge in [-0.05, 0) is 43.1 Å². The van der Waals surface area contributed by atoms with Gasteiger partial charge in [-0.1, -0.05) is 102 Å². The predicted molar refractivity (Wildman–Crippen MR) is 105 cm³/mol. The zero-order valence-corrected chi connectivity index (χ0v) is 16.4. The van der Waals surface area contributed by atoms with Gasteiger partial charge in [0.1, 0.15) is 0 Å². The number of aryl methyl sites for hydroxylation is 1. The highest BCUT2D eigenvalue weighted by Crippen LogP contribution is 2.34. The summed E-state index contributed by atoms with van der Waals surface area (Å²) in [5.74, 6) is 2.52. The lowest BCUT2D eigenvalue weighted by molar-refractivity contribution is 0.278. The van der Waals surface area contributed by atoms with Crippen LogP contribution in [-0.2, 0) is 0 Å². The van der Waals surface area contributed by atoms with Crippen LogP contribution in [-0.4, -0.2) is 0 Å². The van der Waals surface area contributed by atoms with E-state index >= 15 is 0 Å². The first-order valence-electron chi connectivity index (χ1n) is 10.2. The molecule has 0 aliphatic carbocycles. The molecule has 0 spiro atoms. The number of hydrogen-bond donors (Lipinski definition) is 0. The Bertz CT molecular complexity index is 389. The molecular weight excluding hydrogens is 276 g/mol. The second kappa shape index (κ2) is 11.7. The molecule has 1 aromatic carbocycles. The van der Waals surface area contributed by atoms with E-state index < -0.39 is 0 Å². The lowest BCUT2D eigenvalue weighted by atomic mass is 9.78. The van der Waals surface area contributed by atoms with Crippen molar-refractivity contribution in [1.29, 1.82) is 0 Å². The first-order chi connectivity index (χ1) is 11.1. The van der Waals surface area contributed by atoms with Gasteiger partial charge in [0.2, 0.25) is 0 Å². The molecule has 1 rings (SSSR count). The normalized spacial score (nSPS) is 15.3. The average molecular weight is 317 g/mol. The smallest absolute Gasteiger partial charge is 0.0159 e. The molecule has 0 amide bonds. The SMILES string of the molecule is CCCCCC(CC)C(C)CC(CCCC)c1ccc(C)cc1. The maximum atomic E-state index is 2.51. The molecule has 0 aliphatic heterocycles. The van der Waals surface area contributed by atoms with E-state index in [4.69, 9.17) is 0 Å². The van der Waals surface area contributed by atoms with Gasteiger partial charge < -0.3 is 0 Å². The van der Waals surface area contributed by atoms with Crippen molar-refractivity contribution in [1.82, 2.24) is 0 Å². The van der Waals surface area contributed by atoms with E-state index in [-0.39, 0.29) is 0 Å². The number of rotatable bonds is 12. The maximum absolute atomic E-state index is 2.51. The highest BCUT2D eigenvalue weighted by atomic mass is 14.3. The van der Waals surface area contributed by atoms with Gasteiger partial charge in [-0.15, -0.1) is 0 Å². The van der Waals surface area contributed by atoms with Crippen molar-refractivity contribution in [3.63, 3.8) is 0 Å². The zero-order chi connectivity index (χ0) is 17.1. The van der Waals surface area contributed by atoms with E-state index in [2.05, 4.69) is 58.9 Å². The molecule has 0 aromatic heterocycles. The summed E-state index contributed by atoms with van der Waals surface area (Å²) in [6.07, 6.45) is 12.3. The summed E-state index contributed by atoms with van der Waals surface area (Å²) in [5, 5.41) is 0. The van der Waals surface area contributed by atoms with Gasteiger partial charge in [-0.2, -0.15) is 0 Å². The largest absolute Gasteiger partial charge is 0.0654 e. The van der Waals surface area contributed by atoms with Crippen molar-refractivity contribution in [2.24, 2.45) is 11.8 Å². The van der Waals surface area contributed by atoms with E-state index in [1.54, 1.807) is 5.56 Å².